The van der Waals surface area contributed by atoms with Gasteiger partial charge >= 0.3 is 6.09 Å². The monoisotopic (exact) mass is 283 g/mol. The van der Waals surface area contributed by atoms with Crippen LogP contribution in [0.3, 0.4) is 0 Å². The third kappa shape index (κ3) is 6.01. The molecule has 0 atom stereocenters. The van der Waals surface area contributed by atoms with Crippen molar-refractivity contribution in [1.29, 1.82) is 0 Å². The quantitative estimate of drug-likeness (QED) is 0.825. The molecule has 0 saturated carbocycles. The Kier molecular flexibility index (Phi) is 6.01. The van der Waals surface area contributed by atoms with E-state index in [4.69, 9.17) is 21.7 Å². The molecule has 1 heterocycles. The molecule has 0 aliphatic rings. The van der Waals surface area contributed by atoms with Gasteiger partial charge in [-0.15, -0.1) is 0 Å². The van der Waals surface area contributed by atoms with Gasteiger partial charge in [0.15, 0.2) is 5.11 Å². The first-order valence-corrected chi connectivity index (χ1v) is 6.17. The predicted molar refractivity (Wildman–Crippen MR) is 76.3 cm³/mol. The van der Waals surface area contributed by atoms with Gasteiger partial charge in [-0.2, -0.15) is 0 Å². The third-order valence-electron chi connectivity index (χ3n) is 1.97. The summed E-state index contributed by atoms with van der Waals surface area (Å²) in [5.74, 6) is 0.777. The lowest BCUT2D eigenvalue weighted by Gasteiger charge is -2.11. The summed E-state index contributed by atoms with van der Waals surface area (Å²) in [4.78, 5) is 15.4. The van der Waals surface area contributed by atoms with Crippen LogP contribution in [-0.2, 0) is 4.74 Å². The maximum absolute atomic E-state index is 11.4. The van der Waals surface area contributed by atoms with E-state index in [0.29, 0.717) is 18.2 Å². The van der Waals surface area contributed by atoms with Crippen molar-refractivity contribution in [3.63, 3.8) is 0 Å². The second kappa shape index (κ2) is 7.52. The van der Waals surface area contributed by atoms with Gasteiger partial charge in [-0.3, -0.25) is 5.32 Å². The molecule has 19 heavy (non-hydrogen) atoms. The highest BCUT2D eigenvalue weighted by Gasteiger charge is 2.07. The van der Waals surface area contributed by atoms with Gasteiger partial charge in [0, 0.05) is 6.07 Å². The molecule has 0 saturated heterocycles. The number of nitrogens with one attached hydrogen (secondary N) is 2. The Bertz CT molecular complexity index is 434. The van der Waals surface area contributed by atoms with Gasteiger partial charge in [0.25, 0.3) is 0 Å². The average molecular weight is 283 g/mol. The topological polar surface area (TPSA) is 72.5 Å². The molecule has 0 aliphatic carbocycles. The molecule has 2 N–H and O–H groups in total. The highest BCUT2D eigenvalue weighted by molar-refractivity contribution is 7.80. The molecular formula is C12H17N3O3S. The summed E-state index contributed by atoms with van der Waals surface area (Å²) in [6.07, 6.45) is 0.972. The number of thiocarbonyl (C=S) groups is 1. The molecule has 1 aromatic heterocycles. The van der Waals surface area contributed by atoms with Crippen molar-refractivity contribution in [1.82, 2.24) is 10.3 Å². The smallest absolute Gasteiger partial charge is 0.413 e. The second-order valence-corrected chi connectivity index (χ2v) is 4.57. The molecule has 0 unspecified atom stereocenters. The molecule has 6 nitrogen and oxygen atoms in total. The van der Waals surface area contributed by atoms with Crippen LogP contribution in [0.2, 0.25) is 0 Å². The molecule has 0 fully saturated rings. The number of amides is 1. The molecule has 1 amide bonds. The van der Waals surface area contributed by atoms with Crippen LogP contribution in [0, 0.1) is 5.92 Å². The summed E-state index contributed by atoms with van der Waals surface area (Å²) in [5, 5.41) is 5.38. The molecule has 104 valence electrons. The number of alkyl carbamates (subject to hydrolysis) is 1. The SMILES string of the molecule is COc1ccc(NC(=S)NC(=O)OCC(C)C)cn1. The van der Waals surface area contributed by atoms with Crippen molar-refractivity contribution < 1.29 is 14.3 Å². The fourth-order valence-electron chi connectivity index (χ4n) is 1.11. The molecule has 1 rings (SSSR count). The lowest BCUT2D eigenvalue weighted by Crippen LogP contribution is -2.35. The van der Waals surface area contributed by atoms with E-state index in [1.165, 1.54) is 7.11 Å². The molecule has 0 bridgehead atoms. The van der Waals surface area contributed by atoms with Crippen LogP contribution in [0.1, 0.15) is 13.8 Å². The van der Waals surface area contributed by atoms with E-state index in [1.54, 1.807) is 18.3 Å². The second-order valence-electron chi connectivity index (χ2n) is 4.16. The Labute approximate surface area is 117 Å². The molecule has 0 radical (unpaired) electrons. The molecular weight excluding hydrogens is 266 g/mol. The molecule has 0 aromatic carbocycles. The number of hydrogen-bond acceptors (Lipinski definition) is 5. The maximum atomic E-state index is 11.4. The first-order valence-electron chi connectivity index (χ1n) is 5.76. The van der Waals surface area contributed by atoms with E-state index in [0.717, 1.165) is 0 Å². The number of methoxy groups -OCH3 is 1. The summed E-state index contributed by atoms with van der Waals surface area (Å²) in [5.41, 5.74) is 0.648. The first kappa shape index (κ1) is 15.2. The van der Waals surface area contributed by atoms with Gasteiger partial charge in [0.1, 0.15) is 0 Å². The number of carbonyl (C=O) groups is 1. The molecule has 0 spiro atoms. The number of carbonyl (C=O) groups excluding carboxylic acids is 1. The van der Waals surface area contributed by atoms with Crippen LogP contribution in [0.15, 0.2) is 18.3 Å². The lowest BCUT2D eigenvalue weighted by molar-refractivity contribution is 0.138. The van der Waals surface area contributed by atoms with Crippen LogP contribution >= 0.6 is 12.2 Å². The van der Waals surface area contributed by atoms with E-state index in [-0.39, 0.29) is 11.0 Å². The highest BCUT2D eigenvalue weighted by atomic mass is 32.1. The average Bonchev–Trinajstić information content (AvgIpc) is 2.37. The lowest BCUT2D eigenvalue weighted by atomic mass is 10.2. The Morgan fingerprint density at radius 2 is 2.21 bits per heavy atom. The fraction of sp³-hybridized carbons (Fsp3) is 0.417. The highest BCUT2D eigenvalue weighted by Crippen LogP contribution is 2.10. The van der Waals surface area contributed by atoms with E-state index >= 15 is 0 Å². The van der Waals surface area contributed by atoms with Crippen LogP contribution in [0.25, 0.3) is 0 Å². The van der Waals surface area contributed by atoms with E-state index in [2.05, 4.69) is 15.6 Å². The number of ether oxygens (including phenoxy) is 2. The van der Waals surface area contributed by atoms with E-state index in [9.17, 15) is 4.79 Å². The number of rotatable bonds is 4. The minimum absolute atomic E-state index is 0.153. The van der Waals surface area contributed by atoms with E-state index < -0.39 is 6.09 Å². The maximum Gasteiger partial charge on any atom is 0.413 e. The number of anilines is 1. The number of pyridine rings is 1. The molecule has 0 aliphatic heterocycles. The van der Waals surface area contributed by atoms with Gasteiger partial charge in [-0.25, -0.2) is 9.78 Å². The predicted octanol–water partition coefficient (Wildman–Crippen LogP) is 2.17. The zero-order valence-corrected chi connectivity index (χ0v) is 11.9. The minimum atomic E-state index is -0.576. The normalized spacial score (nSPS) is 9.89. The van der Waals surface area contributed by atoms with E-state index in [1.807, 2.05) is 13.8 Å². The minimum Gasteiger partial charge on any atom is -0.481 e. The Morgan fingerprint density at radius 3 is 2.74 bits per heavy atom. The van der Waals surface area contributed by atoms with Crippen molar-refractivity contribution in [2.75, 3.05) is 19.0 Å². The number of hydrogen-bond donors (Lipinski definition) is 2. The van der Waals surface area contributed by atoms with Gasteiger partial charge < -0.3 is 14.8 Å². The fourth-order valence-corrected chi connectivity index (χ4v) is 1.31. The van der Waals surface area contributed by atoms with Crippen LogP contribution < -0.4 is 15.4 Å². The Hall–Kier alpha value is -1.89. The first-order chi connectivity index (χ1) is 9.01. The number of nitrogens with zero attached hydrogens (tertiary/aromatic N) is 1. The van der Waals surface area contributed by atoms with Gasteiger partial charge in [-0.05, 0) is 24.2 Å². The third-order valence-corrected chi connectivity index (χ3v) is 2.17. The zero-order chi connectivity index (χ0) is 14.3. The summed E-state index contributed by atoms with van der Waals surface area (Å²) >= 11 is 4.97. The summed E-state index contributed by atoms with van der Waals surface area (Å²) in [6.45, 7) is 4.25. The van der Waals surface area contributed by atoms with Crippen molar-refractivity contribution in [3.05, 3.63) is 18.3 Å². The van der Waals surface area contributed by atoms with Crippen molar-refractivity contribution in [3.8, 4) is 5.88 Å². The summed E-state index contributed by atoms with van der Waals surface area (Å²) < 4.78 is 9.87. The summed E-state index contributed by atoms with van der Waals surface area (Å²) in [7, 11) is 1.53. The van der Waals surface area contributed by atoms with Crippen molar-refractivity contribution in [2.45, 2.75) is 13.8 Å². The Balaban J connectivity index is 2.39. The van der Waals surface area contributed by atoms with Crippen molar-refractivity contribution in [2.24, 2.45) is 5.92 Å². The van der Waals surface area contributed by atoms with Crippen LogP contribution in [0.4, 0.5) is 10.5 Å². The molecule has 1 aromatic rings. The van der Waals surface area contributed by atoms with Crippen molar-refractivity contribution >= 4 is 29.1 Å². The van der Waals surface area contributed by atoms with Gasteiger partial charge in [-0.1, -0.05) is 13.8 Å². The Morgan fingerprint density at radius 1 is 1.47 bits per heavy atom. The molecule has 7 heteroatoms. The van der Waals surface area contributed by atoms with Crippen LogP contribution in [0.5, 0.6) is 5.88 Å². The summed E-state index contributed by atoms with van der Waals surface area (Å²) in [6, 6.07) is 3.42. The van der Waals surface area contributed by atoms with Gasteiger partial charge in [0.2, 0.25) is 5.88 Å². The largest absolute Gasteiger partial charge is 0.481 e. The standard InChI is InChI=1S/C12H17N3O3S/c1-8(2)7-18-12(16)15-11(19)14-9-4-5-10(17-3)13-6-9/h4-6,8H,7H2,1-3H3,(H2,14,15,16,19). The van der Waals surface area contributed by atoms with Crippen LogP contribution in [-0.4, -0.2) is 29.9 Å². The van der Waals surface area contributed by atoms with Gasteiger partial charge in [0.05, 0.1) is 25.6 Å². The zero-order valence-electron chi connectivity index (χ0n) is 11.1. The number of aromatic nitrogens is 1.